The largest absolute Gasteiger partial charge is 0.493 e. The minimum Gasteiger partial charge on any atom is -0.493 e. The molecule has 1 aliphatic heterocycles. The van der Waals surface area contributed by atoms with Crippen LogP contribution in [0.15, 0.2) is 36.5 Å². The minimum absolute atomic E-state index is 0.0148. The van der Waals surface area contributed by atoms with Crippen LogP contribution in [0.1, 0.15) is 20.8 Å². The van der Waals surface area contributed by atoms with Gasteiger partial charge in [-0.25, -0.2) is 9.78 Å². The molecule has 0 bridgehead atoms. The van der Waals surface area contributed by atoms with Crippen molar-refractivity contribution >= 4 is 17.6 Å². The number of carbonyl (C=O) groups excluding carboxylic acids is 1. The molecule has 0 spiro atoms. The number of anilines is 1. The third-order valence-corrected chi connectivity index (χ3v) is 4.53. The molecule has 0 aliphatic carbocycles. The summed E-state index contributed by atoms with van der Waals surface area (Å²) in [6.45, 7) is 2.42. The van der Waals surface area contributed by atoms with Crippen molar-refractivity contribution in [3.63, 3.8) is 0 Å². The van der Waals surface area contributed by atoms with Crippen LogP contribution in [0.25, 0.3) is 0 Å². The number of methoxy groups -OCH3 is 2. The number of amides is 1. The molecule has 1 saturated heterocycles. The molecular weight excluding hydrogens is 350 g/mol. The van der Waals surface area contributed by atoms with E-state index >= 15 is 0 Å². The first-order valence-electron chi connectivity index (χ1n) is 8.49. The maximum Gasteiger partial charge on any atom is 0.354 e. The summed E-state index contributed by atoms with van der Waals surface area (Å²) in [5.74, 6) is -0.00963. The smallest absolute Gasteiger partial charge is 0.354 e. The van der Waals surface area contributed by atoms with Gasteiger partial charge >= 0.3 is 5.97 Å². The van der Waals surface area contributed by atoms with Crippen LogP contribution in [0, 0.1) is 0 Å². The number of ether oxygens (including phenoxy) is 2. The number of pyridine rings is 1. The molecule has 8 nitrogen and oxygen atoms in total. The van der Waals surface area contributed by atoms with Gasteiger partial charge in [0.15, 0.2) is 11.5 Å². The first-order valence-corrected chi connectivity index (χ1v) is 8.49. The number of nitrogens with zero attached hydrogens (tertiary/aromatic N) is 3. The van der Waals surface area contributed by atoms with E-state index < -0.39 is 5.97 Å². The predicted octanol–water partition coefficient (Wildman–Crippen LogP) is 1.76. The van der Waals surface area contributed by atoms with Crippen molar-refractivity contribution < 1.29 is 24.2 Å². The quantitative estimate of drug-likeness (QED) is 0.856. The standard InChI is InChI=1S/C19H21N3O5/c1-26-16-6-3-13(11-17(16)27-2)18(23)22-9-7-21(8-10-22)14-4-5-15(19(24)25)20-12-14/h3-6,11-12H,7-10H2,1-2H3,(H,24,25). The summed E-state index contributed by atoms with van der Waals surface area (Å²) < 4.78 is 10.5. The van der Waals surface area contributed by atoms with E-state index in [4.69, 9.17) is 14.6 Å². The number of piperazine rings is 1. The van der Waals surface area contributed by atoms with E-state index in [9.17, 15) is 9.59 Å². The van der Waals surface area contributed by atoms with E-state index in [1.54, 1.807) is 42.5 Å². The van der Waals surface area contributed by atoms with Crippen LogP contribution < -0.4 is 14.4 Å². The lowest BCUT2D eigenvalue weighted by Crippen LogP contribution is -2.48. The third-order valence-electron chi connectivity index (χ3n) is 4.53. The molecule has 1 aromatic heterocycles. The summed E-state index contributed by atoms with van der Waals surface area (Å²) in [7, 11) is 3.09. The number of aromatic carboxylic acids is 1. The number of aromatic nitrogens is 1. The Morgan fingerprint density at radius 1 is 1.00 bits per heavy atom. The molecule has 3 rings (SSSR count). The molecule has 1 N–H and O–H groups in total. The van der Waals surface area contributed by atoms with Crippen molar-refractivity contribution in [3.05, 3.63) is 47.8 Å². The zero-order chi connectivity index (χ0) is 19.4. The highest BCUT2D eigenvalue weighted by Gasteiger charge is 2.23. The number of hydrogen-bond donors (Lipinski definition) is 1. The number of hydrogen-bond acceptors (Lipinski definition) is 6. The van der Waals surface area contributed by atoms with Crippen LogP contribution in [0.3, 0.4) is 0 Å². The summed E-state index contributed by atoms with van der Waals surface area (Å²) >= 11 is 0. The van der Waals surface area contributed by atoms with Gasteiger partial charge in [0.25, 0.3) is 5.91 Å². The maximum atomic E-state index is 12.8. The van der Waals surface area contributed by atoms with E-state index in [0.717, 1.165) is 5.69 Å². The fourth-order valence-corrected chi connectivity index (χ4v) is 3.02. The van der Waals surface area contributed by atoms with Gasteiger partial charge in [-0.15, -0.1) is 0 Å². The Bertz CT molecular complexity index is 830. The molecule has 2 heterocycles. The van der Waals surface area contributed by atoms with Gasteiger partial charge in [-0.3, -0.25) is 4.79 Å². The molecule has 0 saturated carbocycles. The van der Waals surface area contributed by atoms with Crippen molar-refractivity contribution in [2.45, 2.75) is 0 Å². The van der Waals surface area contributed by atoms with Crippen LogP contribution in [-0.2, 0) is 0 Å². The average molecular weight is 371 g/mol. The van der Waals surface area contributed by atoms with Gasteiger partial charge in [0.2, 0.25) is 0 Å². The fourth-order valence-electron chi connectivity index (χ4n) is 3.02. The van der Waals surface area contributed by atoms with E-state index in [2.05, 4.69) is 9.88 Å². The van der Waals surface area contributed by atoms with E-state index in [0.29, 0.717) is 43.2 Å². The zero-order valence-electron chi connectivity index (χ0n) is 15.2. The number of benzene rings is 1. The molecule has 2 aromatic rings. The topological polar surface area (TPSA) is 92.2 Å². The number of carboxylic acids is 1. The second-order valence-corrected chi connectivity index (χ2v) is 6.06. The fraction of sp³-hybridized carbons (Fsp3) is 0.316. The first-order chi connectivity index (χ1) is 13.0. The molecule has 0 radical (unpaired) electrons. The SMILES string of the molecule is COc1ccc(C(=O)N2CCN(c3ccc(C(=O)O)nc3)CC2)cc1OC. The summed E-state index contributed by atoms with van der Waals surface area (Å²) in [6, 6.07) is 8.35. The Labute approximate surface area is 156 Å². The molecule has 1 aromatic carbocycles. The Morgan fingerprint density at radius 2 is 1.70 bits per heavy atom. The molecule has 142 valence electrons. The molecule has 1 amide bonds. The van der Waals surface area contributed by atoms with Gasteiger partial charge in [-0.05, 0) is 30.3 Å². The lowest BCUT2D eigenvalue weighted by molar-refractivity contribution is 0.0688. The predicted molar refractivity (Wildman–Crippen MR) is 98.9 cm³/mol. The normalized spacial score (nSPS) is 14.0. The monoisotopic (exact) mass is 371 g/mol. The summed E-state index contributed by atoms with van der Waals surface area (Å²) in [4.78, 5) is 31.5. The van der Waals surface area contributed by atoms with Crippen molar-refractivity contribution in [3.8, 4) is 11.5 Å². The lowest BCUT2D eigenvalue weighted by atomic mass is 10.1. The van der Waals surface area contributed by atoms with E-state index in [1.807, 2.05) is 0 Å². The van der Waals surface area contributed by atoms with Gasteiger partial charge < -0.3 is 24.4 Å². The highest BCUT2D eigenvalue weighted by Crippen LogP contribution is 2.28. The second-order valence-electron chi connectivity index (χ2n) is 6.06. The first kappa shape index (κ1) is 18.5. The van der Waals surface area contributed by atoms with Crippen LogP contribution in [0.2, 0.25) is 0 Å². The summed E-state index contributed by atoms with van der Waals surface area (Å²) in [5.41, 5.74) is 1.41. The van der Waals surface area contributed by atoms with Gasteiger partial charge in [0, 0.05) is 31.7 Å². The van der Waals surface area contributed by atoms with Crippen LogP contribution in [0.4, 0.5) is 5.69 Å². The molecule has 0 atom stereocenters. The third kappa shape index (κ3) is 3.94. The minimum atomic E-state index is -1.05. The van der Waals surface area contributed by atoms with Gasteiger partial charge in [0.05, 0.1) is 26.1 Å². The Hall–Kier alpha value is -3.29. The highest BCUT2D eigenvalue weighted by molar-refractivity contribution is 5.95. The van der Waals surface area contributed by atoms with E-state index in [-0.39, 0.29) is 11.6 Å². The maximum absolute atomic E-state index is 12.8. The second kappa shape index (κ2) is 7.94. The molecule has 8 heteroatoms. The molecule has 0 unspecified atom stereocenters. The van der Waals surface area contributed by atoms with Crippen molar-refractivity contribution in [1.82, 2.24) is 9.88 Å². The summed E-state index contributed by atoms with van der Waals surface area (Å²) in [5, 5.41) is 8.92. The van der Waals surface area contributed by atoms with Crippen LogP contribution >= 0.6 is 0 Å². The Kier molecular flexibility index (Phi) is 5.44. The molecular formula is C19H21N3O5. The molecule has 1 fully saturated rings. The van der Waals surface area contributed by atoms with Crippen molar-refractivity contribution in [2.75, 3.05) is 45.3 Å². The molecule has 27 heavy (non-hydrogen) atoms. The molecule has 1 aliphatic rings. The zero-order valence-corrected chi connectivity index (χ0v) is 15.2. The van der Waals surface area contributed by atoms with Gasteiger partial charge in [-0.2, -0.15) is 0 Å². The Balaban J connectivity index is 1.64. The summed E-state index contributed by atoms with van der Waals surface area (Å²) in [6.07, 6.45) is 1.55. The van der Waals surface area contributed by atoms with Crippen molar-refractivity contribution in [2.24, 2.45) is 0 Å². The Morgan fingerprint density at radius 3 is 2.26 bits per heavy atom. The average Bonchev–Trinajstić information content (AvgIpc) is 2.72. The highest BCUT2D eigenvalue weighted by atomic mass is 16.5. The number of carboxylic acid groups (broad SMARTS) is 1. The number of rotatable bonds is 5. The lowest BCUT2D eigenvalue weighted by Gasteiger charge is -2.36. The van der Waals surface area contributed by atoms with Crippen LogP contribution in [0.5, 0.6) is 11.5 Å². The van der Waals surface area contributed by atoms with Crippen molar-refractivity contribution in [1.29, 1.82) is 0 Å². The van der Waals surface area contributed by atoms with Gasteiger partial charge in [-0.1, -0.05) is 0 Å². The van der Waals surface area contributed by atoms with E-state index in [1.165, 1.54) is 13.2 Å². The number of carbonyl (C=O) groups is 2. The van der Waals surface area contributed by atoms with Crippen LogP contribution in [-0.4, -0.2) is 67.3 Å². The van der Waals surface area contributed by atoms with Gasteiger partial charge in [0.1, 0.15) is 5.69 Å².